The zero-order valence-electron chi connectivity index (χ0n) is 9.19. The molecule has 3 nitrogen and oxygen atoms in total. The predicted octanol–water partition coefficient (Wildman–Crippen LogP) is 2.10. The second-order valence-corrected chi connectivity index (χ2v) is 3.34. The van der Waals surface area contributed by atoms with E-state index in [1.54, 1.807) is 19.2 Å². The van der Waals surface area contributed by atoms with Crippen LogP contribution in [0, 0.1) is 11.3 Å². The molecule has 1 aromatic rings. The largest absolute Gasteiger partial charge is 0.497 e. The van der Waals surface area contributed by atoms with Crippen LogP contribution in [0.5, 0.6) is 5.75 Å². The molecule has 0 amide bonds. The van der Waals surface area contributed by atoms with Gasteiger partial charge in [0.25, 0.3) is 0 Å². The maximum absolute atomic E-state index is 8.91. The highest BCUT2D eigenvalue weighted by atomic mass is 16.5. The van der Waals surface area contributed by atoms with Gasteiger partial charge >= 0.3 is 0 Å². The minimum absolute atomic E-state index is 0.647. The van der Waals surface area contributed by atoms with Crippen molar-refractivity contribution in [3.8, 4) is 11.8 Å². The molecule has 78 valence electrons. The second kappa shape index (κ2) is 5.06. The zero-order chi connectivity index (χ0) is 11.3. The first-order chi connectivity index (χ1) is 7.17. The first-order valence-corrected chi connectivity index (χ1v) is 4.60. The highest BCUT2D eigenvalue weighted by molar-refractivity contribution is 5.59. The van der Waals surface area contributed by atoms with E-state index in [-0.39, 0.29) is 0 Å². The lowest BCUT2D eigenvalue weighted by Gasteiger charge is -2.05. The Labute approximate surface area is 90.2 Å². The molecule has 15 heavy (non-hydrogen) atoms. The van der Waals surface area contributed by atoms with Crippen LogP contribution in [0.15, 0.2) is 24.4 Å². The molecule has 0 N–H and O–H groups in total. The van der Waals surface area contributed by atoms with Crippen LogP contribution in [0.1, 0.15) is 11.1 Å². The molecule has 0 unspecified atom stereocenters. The lowest BCUT2D eigenvalue weighted by Crippen LogP contribution is -2.00. The van der Waals surface area contributed by atoms with Crippen molar-refractivity contribution < 1.29 is 4.74 Å². The fourth-order valence-electron chi connectivity index (χ4n) is 1.14. The molecule has 1 aromatic carbocycles. The molecule has 0 saturated heterocycles. The van der Waals surface area contributed by atoms with E-state index in [2.05, 4.69) is 6.07 Å². The third kappa shape index (κ3) is 3.03. The number of hydrogen-bond donors (Lipinski definition) is 0. The number of benzene rings is 1. The van der Waals surface area contributed by atoms with Crippen molar-refractivity contribution in [1.82, 2.24) is 4.90 Å². The van der Waals surface area contributed by atoms with Gasteiger partial charge in [-0.05, 0) is 36.0 Å². The molecule has 0 aliphatic heterocycles. The minimum Gasteiger partial charge on any atom is -0.497 e. The maximum atomic E-state index is 8.91. The number of methoxy groups -OCH3 is 1. The molecule has 0 saturated carbocycles. The summed E-state index contributed by atoms with van der Waals surface area (Å²) in [5, 5.41) is 8.91. The topological polar surface area (TPSA) is 36.3 Å². The zero-order valence-corrected chi connectivity index (χ0v) is 9.19. The average molecular weight is 202 g/mol. The van der Waals surface area contributed by atoms with Gasteiger partial charge in [-0.25, -0.2) is 0 Å². The second-order valence-electron chi connectivity index (χ2n) is 3.34. The number of rotatable bonds is 3. The third-order valence-electron chi connectivity index (χ3n) is 1.93. The van der Waals surface area contributed by atoms with Crippen LogP contribution in [0.25, 0.3) is 6.08 Å². The highest BCUT2D eigenvalue weighted by Crippen LogP contribution is 2.18. The summed E-state index contributed by atoms with van der Waals surface area (Å²) < 4.78 is 5.10. The van der Waals surface area contributed by atoms with Gasteiger partial charge in [0.05, 0.1) is 18.7 Å². The molecule has 0 aliphatic carbocycles. The van der Waals surface area contributed by atoms with Gasteiger partial charge in [0.1, 0.15) is 5.75 Å². The van der Waals surface area contributed by atoms with Gasteiger partial charge in [-0.2, -0.15) is 5.26 Å². The molecular formula is C12H14N2O. The van der Waals surface area contributed by atoms with E-state index < -0.39 is 0 Å². The summed E-state index contributed by atoms with van der Waals surface area (Å²) in [6, 6.07) is 7.53. The molecule has 0 aliphatic rings. The Balaban J connectivity index is 3.08. The van der Waals surface area contributed by atoms with Crippen LogP contribution in [0.3, 0.4) is 0 Å². The normalized spacial score (nSPS) is 10.0. The van der Waals surface area contributed by atoms with E-state index in [4.69, 9.17) is 10.00 Å². The van der Waals surface area contributed by atoms with E-state index in [9.17, 15) is 0 Å². The number of nitriles is 1. The number of ether oxygens (including phenoxy) is 1. The summed E-state index contributed by atoms with van der Waals surface area (Å²) >= 11 is 0. The van der Waals surface area contributed by atoms with Gasteiger partial charge in [0.15, 0.2) is 0 Å². The van der Waals surface area contributed by atoms with Gasteiger partial charge in [-0.3, -0.25) is 0 Å². The minimum atomic E-state index is 0.647. The van der Waals surface area contributed by atoms with Crippen LogP contribution in [0.2, 0.25) is 0 Å². The van der Waals surface area contributed by atoms with Crippen LogP contribution in [0.4, 0.5) is 0 Å². The van der Waals surface area contributed by atoms with E-state index in [0.29, 0.717) is 5.56 Å². The maximum Gasteiger partial charge on any atom is 0.119 e. The van der Waals surface area contributed by atoms with Gasteiger partial charge < -0.3 is 9.64 Å². The molecule has 0 heterocycles. The molecular weight excluding hydrogens is 188 g/mol. The van der Waals surface area contributed by atoms with Gasteiger partial charge in [-0.1, -0.05) is 0 Å². The van der Waals surface area contributed by atoms with Crippen molar-refractivity contribution in [2.24, 2.45) is 0 Å². The first-order valence-electron chi connectivity index (χ1n) is 4.60. The molecule has 0 spiro atoms. The van der Waals surface area contributed by atoms with Crippen molar-refractivity contribution in [1.29, 1.82) is 5.26 Å². The van der Waals surface area contributed by atoms with Crippen molar-refractivity contribution in [3.05, 3.63) is 35.5 Å². The van der Waals surface area contributed by atoms with Crippen LogP contribution in [-0.2, 0) is 0 Å². The van der Waals surface area contributed by atoms with Crippen molar-refractivity contribution in [2.75, 3.05) is 21.2 Å². The van der Waals surface area contributed by atoms with Crippen molar-refractivity contribution in [3.63, 3.8) is 0 Å². The summed E-state index contributed by atoms with van der Waals surface area (Å²) in [4.78, 5) is 1.92. The summed E-state index contributed by atoms with van der Waals surface area (Å²) in [6.45, 7) is 0. The lowest BCUT2D eigenvalue weighted by molar-refractivity contribution is 0.414. The predicted molar refractivity (Wildman–Crippen MR) is 60.4 cm³/mol. The van der Waals surface area contributed by atoms with E-state index in [0.717, 1.165) is 11.3 Å². The summed E-state index contributed by atoms with van der Waals surface area (Å²) in [5.41, 5.74) is 1.51. The van der Waals surface area contributed by atoms with E-state index in [1.807, 2.05) is 37.3 Å². The Bertz CT molecular complexity index is 403. The third-order valence-corrected chi connectivity index (χ3v) is 1.93. The van der Waals surface area contributed by atoms with E-state index in [1.165, 1.54) is 0 Å². The fraction of sp³-hybridized carbons (Fsp3) is 0.250. The molecule has 0 radical (unpaired) electrons. The quantitative estimate of drug-likeness (QED) is 0.753. The molecule has 3 heteroatoms. The fourth-order valence-corrected chi connectivity index (χ4v) is 1.14. The van der Waals surface area contributed by atoms with Gasteiger partial charge in [0, 0.05) is 14.1 Å². The monoisotopic (exact) mass is 202 g/mol. The highest BCUT2D eigenvalue weighted by Gasteiger charge is 2.00. The molecule has 0 aromatic heterocycles. The molecule has 0 atom stereocenters. The SMILES string of the molecule is COc1ccc(C#N)c(/C=C/N(C)C)c1. The Morgan fingerprint density at radius 3 is 2.67 bits per heavy atom. The Morgan fingerprint density at radius 2 is 2.13 bits per heavy atom. The van der Waals surface area contributed by atoms with Gasteiger partial charge in [-0.15, -0.1) is 0 Å². The molecule has 0 fully saturated rings. The summed E-state index contributed by atoms with van der Waals surface area (Å²) in [5.74, 6) is 0.757. The smallest absolute Gasteiger partial charge is 0.119 e. The molecule has 1 rings (SSSR count). The Hall–Kier alpha value is -1.95. The average Bonchev–Trinajstić information content (AvgIpc) is 2.25. The van der Waals surface area contributed by atoms with Crippen LogP contribution >= 0.6 is 0 Å². The summed E-state index contributed by atoms with van der Waals surface area (Å²) in [6.07, 6.45) is 3.79. The Kier molecular flexibility index (Phi) is 3.75. The lowest BCUT2D eigenvalue weighted by atomic mass is 10.1. The Morgan fingerprint density at radius 1 is 1.40 bits per heavy atom. The summed E-state index contributed by atoms with van der Waals surface area (Å²) in [7, 11) is 5.48. The van der Waals surface area contributed by atoms with Crippen LogP contribution in [-0.4, -0.2) is 26.1 Å². The number of nitrogens with zero attached hydrogens (tertiary/aromatic N) is 2. The van der Waals surface area contributed by atoms with Gasteiger partial charge in [0.2, 0.25) is 0 Å². The van der Waals surface area contributed by atoms with E-state index >= 15 is 0 Å². The number of hydrogen-bond acceptors (Lipinski definition) is 3. The van der Waals surface area contributed by atoms with Crippen molar-refractivity contribution in [2.45, 2.75) is 0 Å². The van der Waals surface area contributed by atoms with Crippen molar-refractivity contribution >= 4 is 6.08 Å². The first kappa shape index (κ1) is 11.1. The standard InChI is InChI=1S/C12H14N2O/c1-14(2)7-6-10-8-12(15-3)5-4-11(10)9-13/h4-8H,1-3H3/b7-6+. The molecule has 0 bridgehead atoms. The van der Waals surface area contributed by atoms with Crippen LogP contribution < -0.4 is 4.74 Å².